The van der Waals surface area contributed by atoms with Crippen LogP contribution in [0.1, 0.15) is 23.3 Å². The second kappa shape index (κ2) is 8.23. The van der Waals surface area contributed by atoms with Crippen molar-refractivity contribution in [2.75, 3.05) is 66.6 Å². The Kier molecular flexibility index (Phi) is 5.71. The topological polar surface area (TPSA) is 51.8 Å². The summed E-state index contributed by atoms with van der Waals surface area (Å²) in [6.07, 6.45) is 2.17. The number of aromatic nitrogens is 1. The number of likely N-dealkylation sites (tertiary alicyclic amines) is 1. The number of likely N-dealkylation sites (N-methyl/N-ethyl adjacent to an activating group) is 1. The molecule has 3 heterocycles. The van der Waals surface area contributed by atoms with Crippen molar-refractivity contribution >= 4 is 16.8 Å². The molecule has 2 aromatic rings. The van der Waals surface area contributed by atoms with Crippen LogP contribution in [-0.4, -0.2) is 92.2 Å². The van der Waals surface area contributed by atoms with Crippen LogP contribution in [-0.2, 0) is 4.74 Å². The fourth-order valence-corrected chi connectivity index (χ4v) is 4.60. The van der Waals surface area contributed by atoms with Crippen molar-refractivity contribution in [1.29, 1.82) is 0 Å². The average molecular weight is 385 g/mol. The van der Waals surface area contributed by atoms with Gasteiger partial charge in [0.15, 0.2) is 0 Å². The van der Waals surface area contributed by atoms with Crippen LogP contribution >= 0.6 is 0 Å². The van der Waals surface area contributed by atoms with Crippen molar-refractivity contribution in [1.82, 2.24) is 19.7 Å². The Bertz CT molecular complexity index is 785. The molecule has 4 rings (SSSR count). The van der Waals surface area contributed by atoms with Crippen molar-refractivity contribution in [3.8, 4) is 0 Å². The van der Waals surface area contributed by atoms with Crippen LogP contribution in [0.4, 0.5) is 0 Å². The summed E-state index contributed by atoms with van der Waals surface area (Å²) in [5.74, 6) is 0.111. The lowest BCUT2D eigenvalue weighted by molar-refractivity contribution is 0.00697. The molecule has 6 nitrogen and oxygen atoms in total. The maximum absolute atomic E-state index is 13.2. The van der Waals surface area contributed by atoms with E-state index in [4.69, 9.17) is 4.74 Å². The zero-order valence-corrected chi connectivity index (χ0v) is 17.1. The lowest BCUT2D eigenvalue weighted by atomic mass is 9.80. The first-order valence-corrected chi connectivity index (χ1v) is 10.4. The van der Waals surface area contributed by atoms with Gasteiger partial charge in [-0.05, 0) is 39.1 Å². The number of hydrogen-bond donors (Lipinski definition) is 1. The second-order valence-corrected chi connectivity index (χ2v) is 8.73. The summed E-state index contributed by atoms with van der Waals surface area (Å²) in [4.78, 5) is 23.3. The van der Waals surface area contributed by atoms with Gasteiger partial charge in [-0.2, -0.15) is 0 Å². The van der Waals surface area contributed by atoms with E-state index in [9.17, 15) is 4.79 Å². The number of H-pyrrole nitrogens is 1. The predicted molar refractivity (Wildman–Crippen MR) is 112 cm³/mol. The summed E-state index contributed by atoms with van der Waals surface area (Å²) in [5.41, 5.74) is 1.76. The number of nitrogens with zero attached hydrogens (tertiary/aromatic N) is 3. The van der Waals surface area contributed by atoms with E-state index < -0.39 is 0 Å². The number of benzene rings is 1. The fourth-order valence-electron chi connectivity index (χ4n) is 4.60. The van der Waals surface area contributed by atoms with Gasteiger partial charge in [0.1, 0.15) is 5.69 Å². The molecule has 0 radical (unpaired) electrons. The number of hydrogen-bond acceptors (Lipinski definition) is 4. The van der Waals surface area contributed by atoms with Crippen molar-refractivity contribution in [3.63, 3.8) is 0 Å². The van der Waals surface area contributed by atoms with Crippen LogP contribution in [0.25, 0.3) is 10.9 Å². The Hall–Kier alpha value is -1.89. The minimum absolute atomic E-state index is 0.0444. The normalized spacial score (nSPS) is 24.2. The molecule has 1 amide bonds. The van der Waals surface area contributed by atoms with Gasteiger partial charge in [-0.15, -0.1) is 0 Å². The van der Waals surface area contributed by atoms with E-state index in [1.54, 1.807) is 0 Å². The first-order valence-electron chi connectivity index (χ1n) is 10.4. The van der Waals surface area contributed by atoms with Gasteiger partial charge in [0.2, 0.25) is 0 Å². The molecule has 1 aromatic carbocycles. The van der Waals surface area contributed by atoms with E-state index >= 15 is 0 Å². The number of piperidine rings is 1. The lowest BCUT2D eigenvalue weighted by Gasteiger charge is -2.43. The number of aromatic amines is 1. The number of ether oxygens (including phenoxy) is 1. The van der Waals surface area contributed by atoms with E-state index in [2.05, 4.69) is 28.9 Å². The summed E-state index contributed by atoms with van der Waals surface area (Å²) < 4.78 is 6.01. The third-order valence-electron chi connectivity index (χ3n) is 6.09. The maximum atomic E-state index is 13.2. The molecule has 152 valence electrons. The predicted octanol–water partition coefficient (Wildman–Crippen LogP) is 2.28. The summed E-state index contributed by atoms with van der Waals surface area (Å²) in [6.45, 7) is 7.23. The Balaban J connectivity index is 1.48. The molecule has 2 saturated heterocycles. The number of fused-ring (bicyclic) bond motifs is 1. The Morgan fingerprint density at radius 1 is 1.25 bits per heavy atom. The first kappa shape index (κ1) is 19.4. The Labute approximate surface area is 167 Å². The summed E-state index contributed by atoms with van der Waals surface area (Å²) in [7, 11) is 4.23. The Morgan fingerprint density at radius 2 is 2.11 bits per heavy atom. The van der Waals surface area contributed by atoms with Gasteiger partial charge < -0.3 is 19.5 Å². The Morgan fingerprint density at radius 3 is 2.93 bits per heavy atom. The van der Waals surface area contributed by atoms with Crippen LogP contribution < -0.4 is 0 Å². The van der Waals surface area contributed by atoms with Crippen molar-refractivity contribution < 1.29 is 9.53 Å². The van der Waals surface area contributed by atoms with E-state index in [1.165, 1.54) is 0 Å². The van der Waals surface area contributed by atoms with Crippen molar-refractivity contribution in [2.45, 2.75) is 12.8 Å². The molecule has 2 aliphatic heterocycles. The third kappa shape index (κ3) is 4.24. The largest absolute Gasteiger partial charge is 0.379 e. The summed E-state index contributed by atoms with van der Waals surface area (Å²) >= 11 is 0. The van der Waals surface area contributed by atoms with Gasteiger partial charge in [0.05, 0.1) is 13.2 Å². The molecule has 1 spiro atoms. The minimum Gasteiger partial charge on any atom is -0.379 e. The molecule has 1 N–H and O–H groups in total. The first-order chi connectivity index (χ1) is 13.5. The number of amides is 1. The second-order valence-electron chi connectivity index (χ2n) is 8.73. The summed E-state index contributed by atoms with van der Waals surface area (Å²) in [5, 5.41) is 1.09. The average Bonchev–Trinajstić information content (AvgIpc) is 3.03. The molecule has 0 saturated carbocycles. The smallest absolute Gasteiger partial charge is 0.270 e. The summed E-state index contributed by atoms with van der Waals surface area (Å²) in [6, 6.07) is 10.0. The van der Waals surface area contributed by atoms with Gasteiger partial charge in [0, 0.05) is 55.6 Å². The molecule has 1 atom stereocenters. The van der Waals surface area contributed by atoms with Gasteiger partial charge in [-0.25, -0.2) is 0 Å². The minimum atomic E-state index is 0.0444. The van der Waals surface area contributed by atoms with Gasteiger partial charge >= 0.3 is 0 Å². The number of para-hydroxylation sites is 1. The quantitative estimate of drug-likeness (QED) is 0.879. The lowest BCUT2D eigenvalue weighted by Crippen LogP contribution is -2.52. The molecule has 1 aromatic heterocycles. The van der Waals surface area contributed by atoms with E-state index in [0.717, 1.165) is 76.2 Å². The molecule has 0 bridgehead atoms. The molecular weight excluding hydrogens is 352 g/mol. The number of rotatable bonds is 4. The van der Waals surface area contributed by atoms with Crippen molar-refractivity contribution in [2.24, 2.45) is 5.41 Å². The van der Waals surface area contributed by atoms with E-state index in [0.29, 0.717) is 5.69 Å². The third-order valence-corrected chi connectivity index (χ3v) is 6.09. The molecule has 2 fully saturated rings. The molecule has 2 aliphatic rings. The molecule has 28 heavy (non-hydrogen) atoms. The highest BCUT2D eigenvalue weighted by Gasteiger charge is 2.40. The molecular formula is C22H32N4O2. The highest BCUT2D eigenvalue weighted by molar-refractivity contribution is 5.98. The molecule has 0 aliphatic carbocycles. The highest BCUT2D eigenvalue weighted by atomic mass is 16.5. The molecule has 6 heteroatoms. The number of carbonyl (C=O) groups is 1. The standard InChI is InChI=1S/C22H32N4O2/c1-24(2)10-11-25-12-13-28-17-22(15-25)8-5-9-26(16-22)21(27)20-14-18-6-3-4-7-19(18)23-20/h3-4,6-7,14,23H,5,8-13,15-17H2,1-2H3/t22-/m0/s1. The van der Waals surface area contributed by atoms with Crippen LogP contribution in [0.15, 0.2) is 30.3 Å². The van der Waals surface area contributed by atoms with E-state index in [-0.39, 0.29) is 11.3 Å². The van der Waals surface area contributed by atoms with Crippen LogP contribution in [0.3, 0.4) is 0 Å². The highest BCUT2D eigenvalue weighted by Crippen LogP contribution is 2.33. The monoisotopic (exact) mass is 384 g/mol. The zero-order chi connectivity index (χ0) is 19.6. The maximum Gasteiger partial charge on any atom is 0.270 e. The van der Waals surface area contributed by atoms with E-state index in [1.807, 2.05) is 35.2 Å². The van der Waals surface area contributed by atoms with Crippen LogP contribution in [0.5, 0.6) is 0 Å². The van der Waals surface area contributed by atoms with Gasteiger partial charge in [0.25, 0.3) is 5.91 Å². The van der Waals surface area contributed by atoms with Crippen LogP contribution in [0.2, 0.25) is 0 Å². The molecule has 0 unspecified atom stereocenters. The van der Waals surface area contributed by atoms with Crippen molar-refractivity contribution in [3.05, 3.63) is 36.0 Å². The number of nitrogens with one attached hydrogen (secondary N) is 1. The fraction of sp³-hybridized carbons (Fsp3) is 0.591. The zero-order valence-electron chi connectivity index (χ0n) is 17.1. The van der Waals surface area contributed by atoms with Gasteiger partial charge in [-0.1, -0.05) is 18.2 Å². The van der Waals surface area contributed by atoms with Gasteiger partial charge in [-0.3, -0.25) is 9.69 Å². The van der Waals surface area contributed by atoms with Crippen LogP contribution in [0, 0.1) is 5.41 Å². The number of carbonyl (C=O) groups excluding carboxylic acids is 1. The SMILES string of the molecule is CN(C)CCN1CCOC[C@@]2(CCCN(C(=O)c3cc4ccccc4[nH]3)C2)C1.